The SMILES string of the molecule is O=C(O)NC[C@H](NC(=O)Cn1nc(-c2ccc(Cl)cc2)n(C[C@H](O)C(F)(F)F)c1=O)c1cccc(Cl)c1. The molecule has 2 atom stereocenters. The van der Waals surface area contributed by atoms with Crippen LogP contribution in [0.3, 0.4) is 0 Å². The zero-order chi connectivity index (χ0) is 27.3. The second-order valence-corrected chi connectivity index (χ2v) is 8.67. The molecule has 2 aromatic carbocycles. The molecule has 4 N–H and O–H groups in total. The second-order valence-electron chi connectivity index (χ2n) is 7.80. The van der Waals surface area contributed by atoms with Gasteiger partial charge in [0.2, 0.25) is 5.91 Å². The number of amides is 2. The number of hydrogen-bond donors (Lipinski definition) is 4. The molecule has 0 unspecified atom stereocenters. The van der Waals surface area contributed by atoms with Gasteiger partial charge in [0.15, 0.2) is 11.9 Å². The van der Waals surface area contributed by atoms with E-state index in [9.17, 15) is 32.7 Å². The van der Waals surface area contributed by atoms with Gasteiger partial charge in [0.1, 0.15) is 6.54 Å². The maximum absolute atomic E-state index is 13.0. The van der Waals surface area contributed by atoms with Crippen LogP contribution in [0.1, 0.15) is 11.6 Å². The molecule has 3 aromatic rings. The molecule has 15 heteroatoms. The van der Waals surface area contributed by atoms with Gasteiger partial charge in [0.05, 0.1) is 12.6 Å². The smallest absolute Gasteiger partial charge is 0.416 e. The zero-order valence-electron chi connectivity index (χ0n) is 18.7. The highest BCUT2D eigenvalue weighted by atomic mass is 35.5. The predicted molar refractivity (Wildman–Crippen MR) is 127 cm³/mol. The van der Waals surface area contributed by atoms with Crippen molar-refractivity contribution in [3.8, 4) is 11.4 Å². The van der Waals surface area contributed by atoms with E-state index < -0.39 is 49.1 Å². The highest BCUT2D eigenvalue weighted by Gasteiger charge is 2.39. The molecule has 0 aliphatic carbocycles. The van der Waals surface area contributed by atoms with E-state index in [-0.39, 0.29) is 17.9 Å². The first-order chi connectivity index (χ1) is 17.3. The first-order valence-electron chi connectivity index (χ1n) is 10.5. The predicted octanol–water partition coefficient (Wildman–Crippen LogP) is 3.07. The number of halogens is 5. The van der Waals surface area contributed by atoms with Crippen LogP contribution in [0, 0.1) is 0 Å². The van der Waals surface area contributed by atoms with Gasteiger partial charge in [0, 0.05) is 22.2 Å². The number of benzene rings is 2. The van der Waals surface area contributed by atoms with Gasteiger partial charge in [-0.15, -0.1) is 5.10 Å². The number of carboxylic acid groups (broad SMARTS) is 1. The lowest BCUT2D eigenvalue weighted by atomic mass is 10.1. The molecule has 198 valence electrons. The summed E-state index contributed by atoms with van der Waals surface area (Å²) >= 11 is 11.8. The minimum absolute atomic E-state index is 0.220. The van der Waals surface area contributed by atoms with Crippen molar-refractivity contribution in [1.82, 2.24) is 25.0 Å². The number of carbonyl (C=O) groups excluding carboxylic acids is 1. The van der Waals surface area contributed by atoms with E-state index in [1.165, 1.54) is 30.3 Å². The van der Waals surface area contributed by atoms with Crippen molar-refractivity contribution in [1.29, 1.82) is 0 Å². The molecular formula is C22H20Cl2F3N5O5. The summed E-state index contributed by atoms with van der Waals surface area (Å²) in [5.74, 6) is -1.01. The molecule has 1 heterocycles. The van der Waals surface area contributed by atoms with E-state index in [0.29, 0.717) is 24.9 Å². The fourth-order valence-corrected chi connectivity index (χ4v) is 3.66. The lowest BCUT2D eigenvalue weighted by Gasteiger charge is -2.19. The van der Waals surface area contributed by atoms with Crippen molar-refractivity contribution in [3.05, 3.63) is 74.6 Å². The van der Waals surface area contributed by atoms with Gasteiger partial charge in [-0.25, -0.2) is 14.3 Å². The second kappa shape index (κ2) is 11.7. The van der Waals surface area contributed by atoms with Crippen LogP contribution in [0.5, 0.6) is 0 Å². The Balaban J connectivity index is 1.91. The molecule has 37 heavy (non-hydrogen) atoms. The van der Waals surface area contributed by atoms with Crippen molar-refractivity contribution < 1.29 is 33.0 Å². The average Bonchev–Trinajstić information content (AvgIpc) is 3.11. The monoisotopic (exact) mass is 561 g/mol. The van der Waals surface area contributed by atoms with Crippen LogP contribution in [-0.2, 0) is 17.9 Å². The molecule has 0 aliphatic rings. The van der Waals surface area contributed by atoms with Gasteiger partial charge in [-0.2, -0.15) is 13.2 Å². The van der Waals surface area contributed by atoms with Crippen LogP contribution >= 0.6 is 23.2 Å². The number of carbonyl (C=O) groups is 2. The Hall–Kier alpha value is -3.55. The number of rotatable bonds is 9. The Bertz CT molecular complexity index is 1330. The molecule has 0 saturated heterocycles. The Morgan fingerprint density at radius 2 is 1.76 bits per heavy atom. The number of nitrogens with zero attached hydrogens (tertiary/aromatic N) is 3. The topological polar surface area (TPSA) is 138 Å². The fraction of sp³-hybridized carbons (Fsp3) is 0.273. The average molecular weight is 562 g/mol. The largest absolute Gasteiger partial charge is 0.465 e. The van der Waals surface area contributed by atoms with Crippen LogP contribution < -0.4 is 16.3 Å². The summed E-state index contributed by atoms with van der Waals surface area (Å²) in [5, 5.41) is 27.9. The number of alkyl halides is 3. The zero-order valence-corrected chi connectivity index (χ0v) is 20.3. The van der Waals surface area contributed by atoms with Gasteiger partial charge < -0.3 is 20.8 Å². The van der Waals surface area contributed by atoms with Gasteiger partial charge in [-0.3, -0.25) is 9.36 Å². The van der Waals surface area contributed by atoms with Crippen LogP contribution in [-0.4, -0.2) is 55.4 Å². The van der Waals surface area contributed by atoms with Crippen molar-refractivity contribution in [2.24, 2.45) is 0 Å². The minimum atomic E-state index is -5.00. The molecule has 0 aliphatic heterocycles. The van der Waals surface area contributed by atoms with Crippen molar-refractivity contribution in [2.45, 2.75) is 31.4 Å². The molecular weight excluding hydrogens is 542 g/mol. The molecule has 1 aromatic heterocycles. The van der Waals surface area contributed by atoms with Crippen molar-refractivity contribution >= 4 is 35.2 Å². The normalized spacial score (nSPS) is 13.1. The third-order valence-corrected chi connectivity index (χ3v) is 5.58. The molecule has 0 bridgehead atoms. The number of aromatic nitrogens is 3. The third kappa shape index (κ3) is 7.47. The Morgan fingerprint density at radius 3 is 2.35 bits per heavy atom. The summed E-state index contributed by atoms with van der Waals surface area (Å²) in [7, 11) is 0. The lowest BCUT2D eigenvalue weighted by Crippen LogP contribution is -2.41. The number of aliphatic hydroxyl groups excluding tert-OH is 1. The molecule has 0 radical (unpaired) electrons. The minimum Gasteiger partial charge on any atom is -0.465 e. The van der Waals surface area contributed by atoms with Crippen molar-refractivity contribution in [3.63, 3.8) is 0 Å². The standard InChI is InChI=1S/C22H20Cl2F3N5O5/c23-14-6-4-12(5-7-14)19-30-32(21(37)31(19)10-17(33)22(25,26)27)11-18(34)29-16(9-28-20(35)36)13-2-1-3-15(24)8-13/h1-8,16-17,28,33H,9-11H2,(H,29,34)(H,35,36)/t16-,17-/m0/s1. The van der Waals surface area contributed by atoms with E-state index in [2.05, 4.69) is 15.7 Å². The van der Waals surface area contributed by atoms with Crippen molar-refractivity contribution in [2.75, 3.05) is 6.54 Å². The van der Waals surface area contributed by atoms with E-state index in [1.54, 1.807) is 18.2 Å². The molecule has 2 amide bonds. The summed E-state index contributed by atoms with van der Waals surface area (Å²) in [5.41, 5.74) is -0.397. The van der Waals surface area contributed by atoms with Gasteiger partial charge in [0.25, 0.3) is 0 Å². The number of hydrogen-bond acceptors (Lipinski definition) is 5. The summed E-state index contributed by atoms with van der Waals surface area (Å²) < 4.78 is 40.3. The van der Waals surface area contributed by atoms with E-state index in [4.69, 9.17) is 28.3 Å². The maximum atomic E-state index is 13.0. The van der Waals surface area contributed by atoms with E-state index in [0.717, 1.165) is 0 Å². The molecule has 0 spiro atoms. The Labute approximate surface area is 217 Å². The van der Waals surface area contributed by atoms with Gasteiger partial charge in [-0.05, 0) is 42.0 Å². The van der Waals surface area contributed by atoms with Crippen LogP contribution in [0.4, 0.5) is 18.0 Å². The van der Waals surface area contributed by atoms with Gasteiger partial charge in [-0.1, -0.05) is 35.3 Å². The maximum Gasteiger partial charge on any atom is 0.416 e. The highest BCUT2D eigenvalue weighted by Crippen LogP contribution is 2.24. The van der Waals surface area contributed by atoms with E-state index in [1.807, 2.05) is 0 Å². The molecule has 3 rings (SSSR count). The highest BCUT2D eigenvalue weighted by molar-refractivity contribution is 6.30. The first-order valence-corrected chi connectivity index (χ1v) is 11.3. The summed E-state index contributed by atoms with van der Waals surface area (Å²) in [6, 6.07) is 11.1. The fourth-order valence-electron chi connectivity index (χ4n) is 3.34. The van der Waals surface area contributed by atoms with Gasteiger partial charge >= 0.3 is 18.0 Å². The van der Waals surface area contributed by atoms with Crippen LogP contribution in [0.25, 0.3) is 11.4 Å². The molecule has 0 saturated carbocycles. The van der Waals surface area contributed by atoms with Crippen LogP contribution in [0.15, 0.2) is 53.3 Å². The third-order valence-electron chi connectivity index (χ3n) is 5.10. The molecule has 0 fully saturated rings. The summed E-state index contributed by atoms with van der Waals surface area (Å²) in [6.45, 7) is -2.10. The van der Waals surface area contributed by atoms with E-state index >= 15 is 0 Å². The molecule has 10 nitrogen and oxygen atoms in total. The summed E-state index contributed by atoms with van der Waals surface area (Å²) in [6.07, 6.45) is -9.21. The Morgan fingerprint density at radius 1 is 1.08 bits per heavy atom. The number of aliphatic hydroxyl groups is 1. The first kappa shape index (κ1) is 28.0. The van der Waals surface area contributed by atoms with Crippen LogP contribution in [0.2, 0.25) is 10.0 Å². The quantitative estimate of drug-likeness (QED) is 0.316. The number of nitrogens with one attached hydrogen (secondary N) is 2. The summed E-state index contributed by atoms with van der Waals surface area (Å²) in [4.78, 5) is 36.7. The Kier molecular flexibility index (Phi) is 8.84. The lowest BCUT2D eigenvalue weighted by molar-refractivity contribution is -0.207.